The third kappa shape index (κ3) is 3.30. The highest BCUT2D eigenvalue weighted by Crippen LogP contribution is 2.38. The first-order chi connectivity index (χ1) is 11.5. The number of carboxylic acid groups (broad SMARTS) is 1. The smallest absolute Gasteiger partial charge is 0.335 e. The average molecular weight is 364 g/mol. The van der Waals surface area contributed by atoms with Crippen molar-refractivity contribution >= 4 is 39.9 Å². The normalized spacial score (nSPS) is 10.2. The van der Waals surface area contributed by atoms with Crippen molar-refractivity contribution in [1.29, 1.82) is 0 Å². The zero-order chi connectivity index (χ0) is 17.9. The molecule has 0 unspecified atom stereocenters. The molecule has 0 fully saturated rings. The van der Waals surface area contributed by atoms with E-state index < -0.39 is 5.97 Å². The summed E-state index contributed by atoms with van der Waals surface area (Å²) >= 11 is 12.1. The van der Waals surface area contributed by atoms with Crippen LogP contribution in [0.5, 0.6) is 5.75 Å². The Balaban J connectivity index is 0.00000100. The van der Waals surface area contributed by atoms with Crippen molar-refractivity contribution in [2.45, 2.75) is 13.8 Å². The molecule has 6 heteroatoms. The van der Waals surface area contributed by atoms with Gasteiger partial charge < -0.3 is 10.2 Å². The number of phenolic OH excluding ortho intramolecular Hbond substituents is 1. The Bertz CT molecular complexity index is 910. The number of aromatic nitrogens is 1. The quantitative estimate of drug-likeness (QED) is 0.617. The van der Waals surface area contributed by atoms with E-state index in [1.54, 1.807) is 24.3 Å². The summed E-state index contributed by atoms with van der Waals surface area (Å²) < 4.78 is 0. The second-order valence-electron chi connectivity index (χ2n) is 4.66. The van der Waals surface area contributed by atoms with Crippen molar-refractivity contribution in [3.8, 4) is 17.0 Å². The van der Waals surface area contributed by atoms with Gasteiger partial charge in [-0.2, -0.15) is 0 Å². The number of aromatic hydroxyl groups is 1. The fourth-order valence-corrected chi connectivity index (χ4v) is 2.65. The van der Waals surface area contributed by atoms with Gasteiger partial charge in [-0.05, 0) is 24.3 Å². The van der Waals surface area contributed by atoms with E-state index in [1.165, 1.54) is 18.3 Å². The maximum atomic E-state index is 11.2. The van der Waals surface area contributed by atoms with E-state index >= 15 is 0 Å². The van der Waals surface area contributed by atoms with Gasteiger partial charge in [0, 0.05) is 22.5 Å². The zero-order valence-corrected chi connectivity index (χ0v) is 14.6. The predicted octanol–water partition coefficient (Wildman–Crippen LogP) is 5.64. The van der Waals surface area contributed by atoms with Gasteiger partial charge in [-0.15, -0.1) is 0 Å². The summed E-state index contributed by atoms with van der Waals surface area (Å²) in [5, 5.41) is 21.1. The average Bonchev–Trinajstić information content (AvgIpc) is 2.59. The van der Waals surface area contributed by atoms with Crippen LogP contribution in [0.4, 0.5) is 0 Å². The van der Waals surface area contributed by atoms with Crippen LogP contribution >= 0.6 is 23.2 Å². The van der Waals surface area contributed by atoms with Crippen molar-refractivity contribution in [3.63, 3.8) is 0 Å². The number of carbonyl (C=O) groups is 1. The zero-order valence-electron chi connectivity index (χ0n) is 13.0. The van der Waals surface area contributed by atoms with Gasteiger partial charge in [0.25, 0.3) is 0 Å². The minimum atomic E-state index is -1.05. The molecule has 2 N–H and O–H groups in total. The second-order valence-corrected chi connectivity index (χ2v) is 5.47. The van der Waals surface area contributed by atoms with Gasteiger partial charge in [-0.25, -0.2) is 4.79 Å². The number of hydrogen-bond acceptors (Lipinski definition) is 3. The van der Waals surface area contributed by atoms with Gasteiger partial charge in [-0.3, -0.25) is 4.98 Å². The van der Waals surface area contributed by atoms with Crippen LogP contribution in [0.25, 0.3) is 22.0 Å². The molecule has 0 spiro atoms. The van der Waals surface area contributed by atoms with Crippen molar-refractivity contribution in [2.75, 3.05) is 0 Å². The molecule has 0 aliphatic carbocycles. The van der Waals surface area contributed by atoms with Crippen LogP contribution in [0.2, 0.25) is 10.0 Å². The van der Waals surface area contributed by atoms with E-state index in [2.05, 4.69) is 4.98 Å². The molecular weight excluding hydrogens is 349 g/mol. The summed E-state index contributed by atoms with van der Waals surface area (Å²) in [5.74, 6) is -1.16. The van der Waals surface area contributed by atoms with Crippen LogP contribution in [-0.2, 0) is 0 Å². The molecule has 0 atom stereocenters. The molecule has 0 bridgehead atoms. The van der Waals surface area contributed by atoms with E-state index in [1.807, 2.05) is 13.8 Å². The number of hydrogen-bond donors (Lipinski definition) is 2. The molecule has 0 aliphatic rings. The molecule has 4 nitrogen and oxygen atoms in total. The van der Waals surface area contributed by atoms with Crippen LogP contribution in [0.3, 0.4) is 0 Å². The fraction of sp³-hybridized carbons (Fsp3) is 0.111. The van der Waals surface area contributed by atoms with Gasteiger partial charge in [-0.1, -0.05) is 49.2 Å². The molecule has 2 aromatic carbocycles. The number of para-hydroxylation sites is 1. The Labute approximate surface area is 149 Å². The summed E-state index contributed by atoms with van der Waals surface area (Å²) in [5.41, 5.74) is 0.943. The number of benzene rings is 2. The van der Waals surface area contributed by atoms with Crippen molar-refractivity contribution in [2.24, 2.45) is 0 Å². The first-order valence-corrected chi connectivity index (χ1v) is 8.04. The summed E-state index contributed by atoms with van der Waals surface area (Å²) in [6, 6.07) is 9.46. The number of phenols is 1. The maximum Gasteiger partial charge on any atom is 0.335 e. The highest BCUT2D eigenvalue weighted by Gasteiger charge is 2.15. The molecule has 124 valence electrons. The summed E-state index contributed by atoms with van der Waals surface area (Å²) in [6.07, 6.45) is 1.46. The lowest BCUT2D eigenvalue weighted by Gasteiger charge is -2.10. The minimum absolute atomic E-state index is 0.110. The summed E-state index contributed by atoms with van der Waals surface area (Å²) in [6.45, 7) is 4.00. The molecule has 3 aromatic rings. The number of carboxylic acids is 1. The molecule has 0 radical (unpaired) electrons. The van der Waals surface area contributed by atoms with E-state index in [-0.39, 0.29) is 16.3 Å². The van der Waals surface area contributed by atoms with Gasteiger partial charge >= 0.3 is 5.97 Å². The molecule has 0 saturated heterocycles. The van der Waals surface area contributed by atoms with Gasteiger partial charge in [0.05, 0.1) is 21.3 Å². The number of aromatic carboxylic acids is 1. The number of fused-ring (bicyclic) bond motifs is 1. The van der Waals surface area contributed by atoms with Crippen LogP contribution in [0.15, 0.2) is 42.6 Å². The van der Waals surface area contributed by atoms with Gasteiger partial charge in [0.2, 0.25) is 0 Å². The topological polar surface area (TPSA) is 70.4 Å². The Morgan fingerprint density at radius 3 is 2.42 bits per heavy atom. The molecule has 0 saturated carbocycles. The van der Waals surface area contributed by atoms with Crippen LogP contribution in [0.1, 0.15) is 24.2 Å². The first-order valence-electron chi connectivity index (χ1n) is 7.28. The van der Waals surface area contributed by atoms with E-state index in [4.69, 9.17) is 28.3 Å². The third-order valence-corrected chi connectivity index (χ3v) is 3.93. The first kappa shape index (κ1) is 18.0. The lowest BCUT2D eigenvalue weighted by Crippen LogP contribution is -1.97. The van der Waals surface area contributed by atoms with Gasteiger partial charge in [0.15, 0.2) is 0 Å². The highest BCUT2D eigenvalue weighted by atomic mass is 35.5. The van der Waals surface area contributed by atoms with Crippen LogP contribution in [0, 0.1) is 0 Å². The number of pyridine rings is 1. The number of halogens is 2. The molecule has 3 rings (SSSR count). The van der Waals surface area contributed by atoms with E-state index in [0.717, 1.165) is 0 Å². The monoisotopic (exact) mass is 363 g/mol. The van der Waals surface area contributed by atoms with E-state index in [9.17, 15) is 9.90 Å². The Morgan fingerprint density at radius 2 is 1.75 bits per heavy atom. The second kappa shape index (κ2) is 7.51. The lowest BCUT2D eigenvalue weighted by atomic mass is 10.0. The molecular formula is C18H15Cl2NO3. The predicted molar refractivity (Wildman–Crippen MR) is 97.2 cm³/mol. The standard InChI is InChI=1S/C16H9Cl2NO3.C2H6/c17-12-3-1-2-10(15(12)20)14-11-6-8(16(21)22)4-5-9(11)13(18)7-19-14;1-2/h1-7,20H,(H,21,22);1-2H3. The minimum Gasteiger partial charge on any atom is -0.506 e. The maximum absolute atomic E-state index is 11.2. The van der Waals surface area contributed by atoms with Crippen molar-refractivity contribution in [3.05, 3.63) is 58.2 Å². The van der Waals surface area contributed by atoms with Crippen LogP contribution < -0.4 is 0 Å². The van der Waals surface area contributed by atoms with Crippen molar-refractivity contribution in [1.82, 2.24) is 4.98 Å². The molecule has 24 heavy (non-hydrogen) atoms. The Hall–Kier alpha value is -2.30. The number of rotatable bonds is 2. The fourth-order valence-electron chi connectivity index (χ4n) is 2.26. The SMILES string of the molecule is CC.O=C(O)c1ccc2c(Cl)cnc(-c3cccc(Cl)c3O)c2c1. The van der Waals surface area contributed by atoms with Gasteiger partial charge in [0.1, 0.15) is 5.75 Å². The highest BCUT2D eigenvalue weighted by molar-refractivity contribution is 6.36. The largest absolute Gasteiger partial charge is 0.506 e. The summed E-state index contributed by atoms with van der Waals surface area (Å²) in [7, 11) is 0. The van der Waals surface area contributed by atoms with Crippen molar-refractivity contribution < 1.29 is 15.0 Å². The molecule has 1 aromatic heterocycles. The third-order valence-electron chi connectivity index (χ3n) is 3.33. The summed E-state index contributed by atoms with van der Waals surface area (Å²) in [4.78, 5) is 15.4. The Kier molecular flexibility index (Phi) is 5.65. The molecule has 0 aliphatic heterocycles. The van der Waals surface area contributed by atoms with Crippen LogP contribution in [-0.4, -0.2) is 21.2 Å². The Morgan fingerprint density at radius 1 is 1.04 bits per heavy atom. The van der Waals surface area contributed by atoms with E-state index in [0.29, 0.717) is 27.1 Å². The number of nitrogens with zero attached hydrogens (tertiary/aromatic N) is 1. The lowest BCUT2D eigenvalue weighted by molar-refractivity contribution is 0.0697. The molecule has 0 amide bonds. The molecule has 1 heterocycles.